The molecule has 0 saturated heterocycles. The lowest BCUT2D eigenvalue weighted by atomic mass is 10.0. The smallest absolute Gasteiger partial charge is 0.310 e. The first kappa shape index (κ1) is 25.7. The third-order valence-corrected chi connectivity index (χ3v) is 5.43. The van der Waals surface area contributed by atoms with E-state index in [0.29, 0.717) is 25.2 Å². The van der Waals surface area contributed by atoms with Crippen molar-refractivity contribution in [3.05, 3.63) is 78.4 Å². The minimum absolute atomic E-state index is 0. The number of esters is 1. The number of ether oxygens (including phenoxy) is 2. The minimum atomic E-state index is -0.354. The van der Waals surface area contributed by atoms with Crippen molar-refractivity contribution in [2.24, 2.45) is 0 Å². The van der Waals surface area contributed by atoms with Gasteiger partial charge in [-0.05, 0) is 56.2 Å². The number of fused-ring (bicyclic) bond motifs is 1. The van der Waals surface area contributed by atoms with Crippen molar-refractivity contribution in [3.63, 3.8) is 0 Å². The summed E-state index contributed by atoms with van der Waals surface area (Å²) in [5, 5.41) is 2.22. The number of para-hydroxylation sites is 1. The van der Waals surface area contributed by atoms with Crippen molar-refractivity contribution in [1.29, 1.82) is 0 Å². The van der Waals surface area contributed by atoms with Crippen molar-refractivity contribution in [2.75, 3.05) is 13.2 Å². The van der Waals surface area contributed by atoms with Crippen LogP contribution in [0.5, 0.6) is 5.75 Å². The zero-order valence-corrected chi connectivity index (χ0v) is 20.2. The summed E-state index contributed by atoms with van der Waals surface area (Å²) in [6, 6.07) is 24.5. The number of carbonyl (C=O) groups is 1. The van der Waals surface area contributed by atoms with Crippen LogP contribution in [0.4, 0.5) is 0 Å². The highest BCUT2D eigenvalue weighted by atomic mass is 35.5. The molecule has 3 aromatic carbocycles. The van der Waals surface area contributed by atoms with E-state index < -0.39 is 0 Å². The summed E-state index contributed by atoms with van der Waals surface area (Å²) >= 11 is 0. The van der Waals surface area contributed by atoms with Crippen molar-refractivity contribution in [2.45, 2.75) is 52.3 Å². The van der Waals surface area contributed by atoms with Gasteiger partial charge in [-0.2, -0.15) is 0 Å². The fraction of sp³-hybridized carbons (Fsp3) is 0.370. The van der Waals surface area contributed by atoms with Crippen LogP contribution in [-0.4, -0.2) is 42.2 Å². The van der Waals surface area contributed by atoms with Gasteiger partial charge in [0.2, 0.25) is 0 Å². The molecule has 0 aliphatic heterocycles. The number of benzene rings is 3. The first-order chi connectivity index (χ1) is 14.9. The van der Waals surface area contributed by atoms with E-state index in [1.165, 1.54) is 0 Å². The van der Waals surface area contributed by atoms with Crippen LogP contribution in [0, 0.1) is 0 Å². The predicted octanol–water partition coefficient (Wildman–Crippen LogP) is 5.91. The lowest BCUT2D eigenvalue weighted by Gasteiger charge is -2.33. The number of halogens is 1. The van der Waals surface area contributed by atoms with E-state index in [2.05, 4.69) is 44.7 Å². The first-order valence-corrected chi connectivity index (χ1v) is 11.0. The van der Waals surface area contributed by atoms with E-state index in [9.17, 15) is 4.79 Å². The fourth-order valence-electron chi connectivity index (χ4n) is 3.91. The van der Waals surface area contributed by atoms with Gasteiger partial charge in [0, 0.05) is 18.6 Å². The van der Waals surface area contributed by atoms with Gasteiger partial charge in [0.1, 0.15) is 18.5 Å². The molecule has 0 radical (unpaired) electrons. The fourth-order valence-corrected chi connectivity index (χ4v) is 3.91. The highest BCUT2D eigenvalue weighted by Gasteiger charge is 2.23. The topological polar surface area (TPSA) is 38.8 Å². The quantitative estimate of drug-likeness (QED) is 0.356. The standard InChI is InChI=1S/C27H33NO3.ClH/c1-20(2)28(21(3)4)18-25(19-30-24-14-6-5-7-15-24)31-27(29)17-23-13-10-12-22-11-8-9-16-26(22)23;/h5-16,20-21,25H,17-19H2,1-4H3;1H. The molecule has 172 valence electrons. The third kappa shape index (κ3) is 7.25. The van der Waals surface area contributed by atoms with Crippen LogP contribution in [-0.2, 0) is 16.0 Å². The molecule has 32 heavy (non-hydrogen) atoms. The average Bonchev–Trinajstić information content (AvgIpc) is 2.76. The Bertz CT molecular complexity index is 962. The van der Waals surface area contributed by atoms with Gasteiger partial charge in [-0.15, -0.1) is 12.4 Å². The lowest BCUT2D eigenvalue weighted by Crippen LogP contribution is -2.45. The van der Waals surface area contributed by atoms with Crippen LogP contribution in [0.15, 0.2) is 72.8 Å². The zero-order valence-electron chi connectivity index (χ0n) is 19.4. The molecule has 3 aromatic rings. The number of carbonyl (C=O) groups excluding carboxylic acids is 1. The van der Waals surface area contributed by atoms with E-state index in [4.69, 9.17) is 9.47 Å². The third-order valence-electron chi connectivity index (χ3n) is 5.43. The summed E-state index contributed by atoms with van der Waals surface area (Å²) in [7, 11) is 0. The molecule has 0 N–H and O–H groups in total. The maximum atomic E-state index is 12.9. The highest BCUT2D eigenvalue weighted by molar-refractivity contribution is 5.89. The second kappa shape index (κ2) is 12.5. The van der Waals surface area contributed by atoms with Gasteiger partial charge in [-0.3, -0.25) is 9.69 Å². The summed E-state index contributed by atoms with van der Waals surface area (Å²) in [5.41, 5.74) is 0.982. The number of hydrogen-bond acceptors (Lipinski definition) is 4. The van der Waals surface area contributed by atoms with Crippen LogP contribution >= 0.6 is 12.4 Å². The van der Waals surface area contributed by atoms with Gasteiger partial charge in [0.15, 0.2) is 0 Å². The molecule has 3 rings (SSSR count). The monoisotopic (exact) mass is 455 g/mol. The molecule has 0 amide bonds. The van der Waals surface area contributed by atoms with Crippen LogP contribution in [0.3, 0.4) is 0 Å². The number of hydrogen-bond donors (Lipinski definition) is 0. The van der Waals surface area contributed by atoms with Gasteiger partial charge < -0.3 is 9.47 Å². The Hall–Kier alpha value is -2.56. The van der Waals surface area contributed by atoms with Gasteiger partial charge in [0.05, 0.1) is 6.42 Å². The Morgan fingerprint density at radius 1 is 0.844 bits per heavy atom. The first-order valence-electron chi connectivity index (χ1n) is 11.0. The molecule has 0 aromatic heterocycles. The summed E-state index contributed by atoms with van der Waals surface area (Å²) in [4.78, 5) is 15.2. The summed E-state index contributed by atoms with van der Waals surface area (Å²) in [6.07, 6.45) is -0.112. The molecule has 1 unspecified atom stereocenters. The van der Waals surface area contributed by atoms with Crippen molar-refractivity contribution in [3.8, 4) is 5.75 Å². The van der Waals surface area contributed by atoms with E-state index >= 15 is 0 Å². The van der Waals surface area contributed by atoms with Gasteiger partial charge in [-0.1, -0.05) is 60.7 Å². The molecule has 0 aliphatic rings. The second-order valence-electron chi connectivity index (χ2n) is 8.44. The Morgan fingerprint density at radius 3 is 2.16 bits per heavy atom. The molecular formula is C27H34ClNO3. The minimum Gasteiger partial charge on any atom is -0.490 e. The molecule has 0 fully saturated rings. The second-order valence-corrected chi connectivity index (χ2v) is 8.44. The Kier molecular flexibility index (Phi) is 10.0. The van der Waals surface area contributed by atoms with E-state index in [1.54, 1.807) is 0 Å². The zero-order chi connectivity index (χ0) is 22.2. The average molecular weight is 456 g/mol. The SMILES string of the molecule is CC(C)N(CC(COc1ccccc1)OC(=O)Cc1cccc2ccccc12)C(C)C.Cl. The van der Waals surface area contributed by atoms with E-state index in [0.717, 1.165) is 22.1 Å². The molecule has 0 saturated carbocycles. The Labute approximate surface area is 197 Å². The van der Waals surface area contributed by atoms with Crippen LogP contribution in [0.2, 0.25) is 0 Å². The van der Waals surface area contributed by atoms with Gasteiger partial charge in [-0.25, -0.2) is 0 Å². The van der Waals surface area contributed by atoms with E-state index in [1.807, 2.05) is 60.7 Å². The molecular weight excluding hydrogens is 422 g/mol. The highest BCUT2D eigenvalue weighted by Crippen LogP contribution is 2.20. The molecule has 5 heteroatoms. The normalized spacial score (nSPS) is 12.1. The van der Waals surface area contributed by atoms with Crippen molar-refractivity contribution >= 4 is 29.1 Å². The van der Waals surface area contributed by atoms with Crippen LogP contribution in [0.25, 0.3) is 10.8 Å². The molecule has 0 bridgehead atoms. The summed E-state index contributed by atoms with van der Waals surface area (Å²) in [5.74, 6) is 0.545. The molecule has 0 spiro atoms. The summed E-state index contributed by atoms with van der Waals surface area (Å²) < 4.78 is 11.9. The predicted molar refractivity (Wildman–Crippen MR) is 134 cm³/mol. The molecule has 0 heterocycles. The van der Waals surface area contributed by atoms with Crippen molar-refractivity contribution in [1.82, 2.24) is 4.90 Å². The van der Waals surface area contributed by atoms with Crippen LogP contribution in [0.1, 0.15) is 33.3 Å². The van der Waals surface area contributed by atoms with E-state index in [-0.39, 0.29) is 30.9 Å². The van der Waals surface area contributed by atoms with Crippen molar-refractivity contribution < 1.29 is 14.3 Å². The molecule has 4 nitrogen and oxygen atoms in total. The molecule has 1 atom stereocenters. The molecule has 0 aliphatic carbocycles. The van der Waals surface area contributed by atoms with Crippen LogP contribution < -0.4 is 4.74 Å². The maximum absolute atomic E-state index is 12.9. The summed E-state index contributed by atoms with van der Waals surface area (Å²) in [6.45, 7) is 9.59. The largest absolute Gasteiger partial charge is 0.490 e. The maximum Gasteiger partial charge on any atom is 0.310 e. The number of nitrogens with zero attached hydrogens (tertiary/aromatic N) is 1. The Balaban J connectivity index is 0.00000363. The Morgan fingerprint density at radius 2 is 1.47 bits per heavy atom. The number of rotatable bonds is 10. The van der Waals surface area contributed by atoms with Gasteiger partial charge in [0.25, 0.3) is 0 Å². The lowest BCUT2D eigenvalue weighted by molar-refractivity contribution is -0.151. The van der Waals surface area contributed by atoms with Gasteiger partial charge >= 0.3 is 5.97 Å².